The van der Waals surface area contributed by atoms with E-state index in [-0.39, 0.29) is 11.3 Å². The van der Waals surface area contributed by atoms with Gasteiger partial charge < -0.3 is 11.1 Å². The molecule has 0 saturated carbocycles. The average molecular weight is 293 g/mol. The van der Waals surface area contributed by atoms with Crippen LogP contribution in [0.3, 0.4) is 0 Å². The monoisotopic (exact) mass is 293 g/mol. The first-order valence-corrected chi connectivity index (χ1v) is 5.85. The fraction of sp³-hybridized carbons (Fsp3) is 0.167. The number of nitrogens with zero attached hydrogens (tertiary/aromatic N) is 3. The molecule has 0 unspecified atom stereocenters. The highest BCUT2D eigenvalue weighted by Crippen LogP contribution is 2.25. The Bertz CT molecular complexity index is 741. The summed E-state index contributed by atoms with van der Waals surface area (Å²) in [5.41, 5.74) is 4.71. The molecule has 0 spiro atoms. The largest absolute Gasteiger partial charge is 0.396 e. The summed E-state index contributed by atoms with van der Waals surface area (Å²) < 4.78 is 14.7. The first-order valence-electron chi connectivity index (χ1n) is 5.85. The number of nitrogen functional groups attached to an aromatic ring is 1. The van der Waals surface area contributed by atoms with Crippen molar-refractivity contribution in [3.05, 3.63) is 45.4 Å². The van der Waals surface area contributed by atoms with Crippen LogP contribution in [0.1, 0.15) is 16.1 Å². The van der Waals surface area contributed by atoms with Crippen LogP contribution in [0.2, 0.25) is 0 Å². The van der Waals surface area contributed by atoms with Gasteiger partial charge in [-0.1, -0.05) is 0 Å². The number of nitrogens with two attached hydrogens (primary N) is 1. The molecule has 0 radical (unpaired) electrons. The molecule has 2 aromatic rings. The molecule has 0 aliphatic carbocycles. The van der Waals surface area contributed by atoms with Gasteiger partial charge in [0.15, 0.2) is 5.82 Å². The minimum absolute atomic E-state index is 0.322. The standard InChI is InChI=1S/C12H12FN5O3/c1-6-3-11(17(2)16-6)15-12(19)7-4-9(14)8(13)5-10(7)18(20)21/h3-5H,14H2,1-2H3,(H,15,19). The normalized spacial score (nSPS) is 10.4. The predicted molar refractivity (Wildman–Crippen MR) is 73.4 cm³/mol. The summed E-state index contributed by atoms with van der Waals surface area (Å²) in [4.78, 5) is 22.2. The number of nitro groups is 1. The molecule has 0 atom stereocenters. The van der Waals surface area contributed by atoms with E-state index in [4.69, 9.17) is 5.73 Å². The third-order valence-corrected chi connectivity index (χ3v) is 2.80. The Kier molecular flexibility index (Phi) is 3.57. The molecule has 21 heavy (non-hydrogen) atoms. The molecular weight excluding hydrogens is 281 g/mol. The summed E-state index contributed by atoms with van der Waals surface area (Å²) >= 11 is 0. The summed E-state index contributed by atoms with van der Waals surface area (Å²) in [6.45, 7) is 1.73. The van der Waals surface area contributed by atoms with Crippen LogP contribution < -0.4 is 11.1 Å². The summed E-state index contributed by atoms with van der Waals surface area (Å²) in [5, 5.41) is 17.4. The van der Waals surface area contributed by atoms with Crippen LogP contribution in [0.4, 0.5) is 21.6 Å². The van der Waals surface area contributed by atoms with Crippen molar-refractivity contribution in [2.24, 2.45) is 7.05 Å². The predicted octanol–water partition coefficient (Wildman–Crippen LogP) is 1.61. The average Bonchev–Trinajstić information content (AvgIpc) is 2.70. The number of halogens is 1. The summed E-state index contributed by atoms with van der Waals surface area (Å²) in [7, 11) is 1.61. The van der Waals surface area contributed by atoms with Crippen LogP contribution in [0.25, 0.3) is 0 Å². The maximum Gasteiger partial charge on any atom is 0.285 e. The van der Waals surface area contributed by atoms with Crippen LogP contribution in [-0.4, -0.2) is 20.6 Å². The van der Waals surface area contributed by atoms with Gasteiger partial charge in [0.1, 0.15) is 11.4 Å². The van der Waals surface area contributed by atoms with E-state index in [1.54, 1.807) is 20.0 Å². The topological polar surface area (TPSA) is 116 Å². The Balaban J connectivity index is 2.41. The van der Waals surface area contributed by atoms with E-state index in [1.165, 1.54) is 4.68 Å². The van der Waals surface area contributed by atoms with Crippen LogP contribution in [0.15, 0.2) is 18.2 Å². The highest BCUT2D eigenvalue weighted by molar-refractivity contribution is 6.07. The van der Waals surface area contributed by atoms with Crippen molar-refractivity contribution >= 4 is 23.1 Å². The van der Waals surface area contributed by atoms with Crippen molar-refractivity contribution in [3.63, 3.8) is 0 Å². The van der Waals surface area contributed by atoms with Gasteiger partial charge in [0.25, 0.3) is 11.6 Å². The second-order valence-electron chi connectivity index (χ2n) is 4.40. The number of hydrogen-bond acceptors (Lipinski definition) is 5. The number of anilines is 2. The Morgan fingerprint density at radius 1 is 1.48 bits per heavy atom. The minimum Gasteiger partial charge on any atom is -0.396 e. The molecule has 2 rings (SSSR count). The number of carbonyl (C=O) groups is 1. The molecule has 9 heteroatoms. The number of rotatable bonds is 3. The zero-order valence-electron chi connectivity index (χ0n) is 11.3. The smallest absolute Gasteiger partial charge is 0.285 e. The highest BCUT2D eigenvalue weighted by atomic mass is 19.1. The molecule has 0 saturated heterocycles. The lowest BCUT2D eigenvalue weighted by atomic mass is 10.1. The Labute approximate surface area is 118 Å². The van der Waals surface area contributed by atoms with Gasteiger partial charge in [-0.3, -0.25) is 19.6 Å². The van der Waals surface area contributed by atoms with Gasteiger partial charge in [-0.25, -0.2) is 4.39 Å². The maximum absolute atomic E-state index is 13.3. The Morgan fingerprint density at radius 3 is 2.67 bits per heavy atom. The number of carbonyl (C=O) groups excluding carboxylic acids is 1. The molecule has 1 heterocycles. The van der Waals surface area contributed by atoms with Crippen molar-refractivity contribution in [1.82, 2.24) is 9.78 Å². The molecule has 0 aliphatic rings. The third kappa shape index (κ3) is 2.81. The molecule has 110 valence electrons. The van der Waals surface area contributed by atoms with Crippen LogP contribution in [0.5, 0.6) is 0 Å². The van der Waals surface area contributed by atoms with Gasteiger partial charge in [0, 0.05) is 13.1 Å². The Morgan fingerprint density at radius 2 is 2.14 bits per heavy atom. The van der Waals surface area contributed by atoms with Crippen LogP contribution in [-0.2, 0) is 7.05 Å². The van der Waals surface area contributed by atoms with Crippen molar-refractivity contribution in [1.29, 1.82) is 0 Å². The van der Waals surface area contributed by atoms with Crippen molar-refractivity contribution in [3.8, 4) is 0 Å². The van der Waals surface area contributed by atoms with Crippen LogP contribution >= 0.6 is 0 Å². The van der Waals surface area contributed by atoms with Gasteiger partial charge in [-0.05, 0) is 13.0 Å². The summed E-state index contributed by atoms with van der Waals surface area (Å²) in [6, 6.07) is 3.15. The van der Waals surface area contributed by atoms with E-state index >= 15 is 0 Å². The number of aryl methyl sites for hydroxylation is 2. The number of aromatic nitrogens is 2. The molecule has 1 aromatic heterocycles. The van der Waals surface area contributed by atoms with E-state index in [9.17, 15) is 19.3 Å². The summed E-state index contributed by atoms with van der Waals surface area (Å²) in [6.07, 6.45) is 0. The first-order chi connectivity index (χ1) is 9.79. The van der Waals surface area contributed by atoms with E-state index in [0.717, 1.165) is 6.07 Å². The fourth-order valence-electron chi connectivity index (χ4n) is 1.82. The molecular formula is C12H12FN5O3. The zero-order chi connectivity index (χ0) is 15.7. The lowest BCUT2D eigenvalue weighted by Crippen LogP contribution is -2.17. The number of nitro benzene ring substituents is 1. The molecule has 3 N–H and O–H groups in total. The minimum atomic E-state index is -0.949. The van der Waals surface area contributed by atoms with Crippen molar-refractivity contribution < 1.29 is 14.1 Å². The van der Waals surface area contributed by atoms with Gasteiger partial charge in [0.05, 0.1) is 22.4 Å². The number of amides is 1. The highest BCUT2D eigenvalue weighted by Gasteiger charge is 2.23. The maximum atomic E-state index is 13.3. The van der Waals surface area contributed by atoms with E-state index in [2.05, 4.69) is 10.4 Å². The lowest BCUT2D eigenvalue weighted by molar-refractivity contribution is -0.385. The van der Waals surface area contributed by atoms with Crippen molar-refractivity contribution in [2.75, 3.05) is 11.1 Å². The van der Waals surface area contributed by atoms with E-state index in [1.807, 2.05) is 0 Å². The van der Waals surface area contributed by atoms with E-state index < -0.39 is 22.3 Å². The van der Waals surface area contributed by atoms with Gasteiger partial charge in [-0.15, -0.1) is 0 Å². The zero-order valence-corrected chi connectivity index (χ0v) is 11.3. The molecule has 0 fully saturated rings. The lowest BCUT2D eigenvalue weighted by Gasteiger charge is -2.07. The fourth-order valence-corrected chi connectivity index (χ4v) is 1.82. The number of hydrogen-bond donors (Lipinski definition) is 2. The van der Waals surface area contributed by atoms with Gasteiger partial charge in [0.2, 0.25) is 0 Å². The molecule has 8 nitrogen and oxygen atoms in total. The number of nitrogens with one attached hydrogen (secondary N) is 1. The second kappa shape index (κ2) is 5.19. The SMILES string of the molecule is Cc1cc(NC(=O)c2cc(N)c(F)cc2[N+](=O)[O-])n(C)n1. The molecule has 1 aromatic carbocycles. The van der Waals surface area contributed by atoms with Gasteiger partial charge in [-0.2, -0.15) is 5.10 Å². The van der Waals surface area contributed by atoms with E-state index in [0.29, 0.717) is 17.6 Å². The summed E-state index contributed by atoms with van der Waals surface area (Å²) in [5.74, 6) is -1.36. The number of benzene rings is 1. The quantitative estimate of drug-likeness (QED) is 0.506. The van der Waals surface area contributed by atoms with Crippen LogP contribution in [0, 0.1) is 22.9 Å². The first kappa shape index (κ1) is 14.4. The second-order valence-corrected chi connectivity index (χ2v) is 4.40. The third-order valence-electron chi connectivity index (χ3n) is 2.80. The molecule has 1 amide bonds. The van der Waals surface area contributed by atoms with Gasteiger partial charge >= 0.3 is 0 Å². The van der Waals surface area contributed by atoms with Crippen molar-refractivity contribution in [2.45, 2.75) is 6.92 Å². The Hall–Kier alpha value is -2.97. The molecule has 0 aliphatic heterocycles. The molecule has 0 bridgehead atoms.